The van der Waals surface area contributed by atoms with E-state index in [9.17, 15) is 9.59 Å². The zero-order chi connectivity index (χ0) is 15.4. The zero-order valence-electron chi connectivity index (χ0n) is 11.2. The fourth-order valence-electron chi connectivity index (χ4n) is 1.74. The highest BCUT2D eigenvalue weighted by Crippen LogP contribution is 2.24. The van der Waals surface area contributed by atoms with Crippen LogP contribution in [0.25, 0.3) is 17.4 Å². The van der Waals surface area contributed by atoms with Crippen molar-refractivity contribution >= 4 is 17.8 Å². The molecule has 0 aliphatic heterocycles. The average Bonchev–Trinajstić information content (AvgIpc) is 2.93. The summed E-state index contributed by atoms with van der Waals surface area (Å²) < 4.78 is 5.48. The van der Waals surface area contributed by atoms with E-state index < -0.39 is 11.5 Å². The molecule has 0 radical (unpaired) electrons. The molecule has 2 rings (SSSR count). The van der Waals surface area contributed by atoms with Gasteiger partial charge in [0.25, 0.3) is 0 Å². The Kier molecular flexibility index (Phi) is 4.00. The Bertz CT molecular complexity index is 760. The predicted octanol–water partition coefficient (Wildman–Crippen LogP) is 3.14. The van der Waals surface area contributed by atoms with Crippen LogP contribution < -0.4 is 0 Å². The molecule has 1 N–H and O–H groups in total. The fourth-order valence-corrected chi connectivity index (χ4v) is 1.74. The van der Waals surface area contributed by atoms with Gasteiger partial charge >= 0.3 is 5.97 Å². The second-order valence-electron chi connectivity index (χ2n) is 4.31. The van der Waals surface area contributed by atoms with Crippen LogP contribution in [-0.4, -0.2) is 16.9 Å². The fraction of sp³-hybridized carbons (Fsp3) is 0.0625. The number of nitrogens with zero attached hydrogens (tertiary/aromatic N) is 1. The predicted molar refractivity (Wildman–Crippen MR) is 75.4 cm³/mol. The molecule has 0 aliphatic carbocycles. The Morgan fingerprint density at radius 1 is 1.19 bits per heavy atom. The first-order valence-corrected chi connectivity index (χ1v) is 6.07. The number of ketones is 1. The van der Waals surface area contributed by atoms with Crippen molar-refractivity contribution in [2.45, 2.75) is 6.92 Å². The molecule has 0 saturated heterocycles. The number of aliphatic carboxylic acids is 1. The summed E-state index contributed by atoms with van der Waals surface area (Å²) in [6, 6.07) is 11.7. The maximum Gasteiger partial charge on any atom is 0.346 e. The average molecular weight is 281 g/mol. The minimum absolute atomic E-state index is 0.0234. The molecule has 0 atom stereocenters. The maximum absolute atomic E-state index is 11.2. The molecule has 5 heteroatoms. The van der Waals surface area contributed by atoms with Gasteiger partial charge < -0.3 is 9.52 Å². The molecule has 1 aromatic heterocycles. The van der Waals surface area contributed by atoms with E-state index >= 15 is 0 Å². The van der Waals surface area contributed by atoms with E-state index in [0.29, 0.717) is 11.3 Å². The van der Waals surface area contributed by atoms with Gasteiger partial charge in [-0.1, -0.05) is 24.3 Å². The maximum atomic E-state index is 11.2. The molecule has 1 aromatic carbocycles. The van der Waals surface area contributed by atoms with Crippen LogP contribution in [-0.2, 0) is 4.79 Å². The largest absolute Gasteiger partial charge is 0.477 e. The van der Waals surface area contributed by atoms with Crippen molar-refractivity contribution in [2.24, 2.45) is 0 Å². The Morgan fingerprint density at radius 2 is 1.86 bits per heavy atom. The molecular formula is C16H11NO4. The summed E-state index contributed by atoms with van der Waals surface area (Å²) in [4.78, 5) is 21.9. The first kappa shape index (κ1) is 14.3. The number of carboxylic acids is 1. The zero-order valence-corrected chi connectivity index (χ0v) is 11.2. The van der Waals surface area contributed by atoms with Gasteiger partial charge in [0.15, 0.2) is 5.78 Å². The number of furan rings is 1. The number of nitriles is 1. The SMILES string of the molecule is CC(=O)c1ccc(-c2ccc(/C=C(\C#N)C(=O)O)o2)cc1. The second-order valence-corrected chi connectivity index (χ2v) is 4.31. The van der Waals surface area contributed by atoms with E-state index in [2.05, 4.69) is 0 Å². The summed E-state index contributed by atoms with van der Waals surface area (Å²) in [7, 11) is 0. The number of rotatable bonds is 4. The number of hydrogen-bond acceptors (Lipinski definition) is 4. The van der Waals surface area contributed by atoms with Gasteiger partial charge in [-0.3, -0.25) is 4.79 Å². The van der Waals surface area contributed by atoms with E-state index in [-0.39, 0.29) is 11.5 Å². The molecule has 21 heavy (non-hydrogen) atoms. The van der Waals surface area contributed by atoms with Gasteiger partial charge in [-0.2, -0.15) is 5.26 Å². The Balaban J connectivity index is 2.30. The van der Waals surface area contributed by atoms with Crippen molar-refractivity contribution in [3.63, 3.8) is 0 Å². The van der Waals surface area contributed by atoms with E-state index in [1.807, 2.05) is 0 Å². The smallest absolute Gasteiger partial charge is 0.346 e. The first-order chi connectivity index (χ1) is 10.0. The lowest BCUT2D eigenvalue weighted by atomic mass is 10.1. The minimum Gasteiger partial charge on any atom is -0.477 e. The van der Waals surface area contributed by atoms with Crippen molar-refractivity contribution in [1.29, 1.82) is 5.26 Å². The van der Waals surface area contributed by atoms with Gasteiger partial charge in [-0.15, -0.1) is 0 Å². The standard InChI is InChI=1S/C16H11NO4/c1-10(18)11-2-4-12(5-3-11)15-7-6-14(21-15)8-13(9-17)16(19)20/h2-8H,1H3,(H,19,20)/b13-8+. The van der Waals surface area contributed by atoms with Gasteiger partial charge in [0, 0.05) is 17.2 Å². The lowest BCUT2D eigenvalue weighted by Gasteiger charge is -1.98. The van der Waals surface area contributed by atoms with Gasteiger partial charge in [-0.05, 0) is 19.1 Å². The van der Waals surface area contributed by atoms with Gasteiger partial charge in [-0.25, -0.2) is 4.79 Å². The molecule has 104 valence electrons. The molecule has 0 bridgehead atoms. The number of carbonyl (C=O) groups excluding carboxylic acids is 1. The van der Waals surface area contributed by atoms with Crippen LogP contribution in [0.15, 0.2) is 46.4 Å². The first-order valence-electron chi connectivity index (χ1n) is 6.07. The van der Waals surface area contributed by atoms with Gasteiger partial charge in [0.1, 0.15) is 23.2 Å². The van der Waals surface area contributed by atoms with E-state index in [1.165, 1.54) is 6.92 Å². The summed E-state index contributed by atoms with van der Waals surface area (Å²) in [5.41, 5.74) is 0.958. The molecule has 2 aromatic rings. The number of Topliss-reactive ketones (excluding diaryl/α,β-unsaturated/α-hetero) is 1. The number of benzene rings is 1. The molecule has 1 heterocycles. The van der Waals surface area contributed by atoms with Crippen molar-refractivity contribution in [3.8, 4) is 17.4 Å². The summed E-state index contributed by atoms with van der Waals surface area (Å²) >= 11 is 0. The minimum atomic E-state index is -1.30. The van der Waals surface area contributed by atoms with Crippen molar-refractivity contribution in [1.82, 2.24) is 0 Å². The Morgan fingerprint density at radius 3 is 2.38 bits per heavy atom. The quantitative estimate of drug-likeness (QED) is 0.528. The monoisotopic (exact) mass is 281 g/mol. The van der Waals surface area contributed by atoms with Crippen molar-refractivity contribution in [3.05, 3.63) is 53.3 Å². The number of carbonyl (C=O) groups is 2. The van der Waals surface area contributed by atoms with Gasteiger partial charge in [0.05, 0.1) is 0 Å². The lowest BCUT2D eigenvalue weighted by Crippen LogP contribution is -1.96. The number of hydrogen-bond donors (Lipinski definition) is 1. The van der Waals surface area contributed by atoms with Crippen LogP contribution in [0.3, 0.4) is 0 Å². The third-order valence-corrected chi connectivity index (χ3v) is 2.84. The molecule has 0 saturated carbocycles. The molecule has 0 amide bonds. The Hall–Kier alpha value is -3.13. The van der Waals surface area contributed by atoms with Gasteiger partial charge in [0.2, 0.25) is 0 Å². The van der Waals surface area contributed by atoms with Crippen molar-refractivity contribution in [2.75, 3.05) is 0 Å². The van der Waals surface area contributed by atoms with Crippen molar-refractivity contribution < 1.29 is 19.1 Å². The van der Waals surface area contributed by atoms with Crippen LogP contribution in [0.5, 0.6) is 0 Å². The molecule has 5 nitrogen and oxygen atoms in total. The summed E-state index contributed by atoms with van der Waals surface area (Å²) in [5.74, 6) is -0.523. The highest BCUT2D eigenvalue weighted by atomic mass is 16.4. The van der Waals surface area contributed by atoms with Crippen LogP contribution >= 0.6 is 0 Å². The molecule has 0 fully saturated rings. The lowest BCUT2D eigenvalue weighted by molar-refractivity contribution is -0.132. The highest BCUT2D eigenvalue weighted by Gasteiger charge is 2.09. The van der Waals surface area contributed by atoms with Crippen LogP contribution in [0.2, 0.25) is 0 Å². The van der Waals surface area contributed by atoms with Crippen LogP contribution in [0, 0.1) is 11.3 Å². The number of carboxylic acid groups (broad SMARTS) is 1. The topological polar surface area (TPSA) is 91.3 Å². The van der Waals surface area contributed by atoms with E-state index in [4.69, 9.17) is 14.8 Å². The normalized spacial score (nSPS) is 11.0. The molecule has 0 spiro atoms. The molecular weight excluding hydrogens is 270 g/mol. The summed E-state index contributed by atoms with van der Waals surface area (Å²) in [5, 5.41) is 17.5. The summed E-state index contributed by atoms with van der Waals surface area (Å²) in [6.45, 7) is 1.49. The third-order valence-electron chi connectivity index (χ3n) is 2.84. The molecule has 0 aliphatic rings. The van der Waals surface area contributed by atoms with E-state index in [0.717, 1.165) is 11.6 Å². The molecule has 0 unspecified atom stereocenters. The highest BCUT2D eigenvalue weighted by molar-refractivity contribution is 5.96. The van der Waals surface area contributed by atoms with Crippen LogP contribution in [0.4, 0.5) is 0 Å². The Labute approximate surface area is 120 Å². The third kappa shape index (κ3) is 3.25. The van der Waals surface area contributed by atoms with Crippen LogP contribution in [0.1, 0.15) is 23.0 Å². The second kappa shape index (κ2) is 5.88. The summed E-state index contributed by atoms with van der Waals surface area (Å²) in [6.07, 6.45) is 1.16. The van der Waals surface area contributed by atoms with E-state index in [1.54, 1.807) is 42.5 Å².